The number of rotatable bonds is 7. The summed E-state index contributed by atoms with van der Waals surface area (Å²) in [5.74, 6) is 0.666. The average Bonchev–Trinajstić information content (AvgIpc) is 3.28. The van der Waals surface area contributed by atoms with E-state index in [0.29, 0.717) is 24.9 Å². The van der Waals surface area contributed by atoms with E-state index in [1.165, 1.54) is 24.0 Å². The first-order chi connectivity index (χ1) is 13.2. The Morgan fingerprint density at radius 1 is 1.26 bits per heavy atom. The van der Waals surface area contributed by atoms with Gasteiger partial charge in [0.15, 0.2) is 11.6 Å². The highest BCUT2D eigenvalue weighted by Gasteiger charge is 2.18. The van der Waals surface area contributed by atoms with Crippen LogP contribution in [-0.4, -0.2) is 40.0 Å². The smallest absolute Gasteiger partial charge is 0.225 e. The van der Waals surface area contributed by atoms with Crippen LogP contribution in [0.5, 0.6) is 0 Å². The van der Waals surface area contributed by atoms with Gasteiger partial charge in [-0.05, 0) is 61.8 Å². The molecule has 1 aromatic heterocycles. The van der Waals surface area contributed by atoms with Crippen molar-refractivity contribution in [2.24, 2.45) is 5.73 Å². The lowest BCUT2D eigenvalue weighted by Crippen LogP contribution is -2.24. The molecule has 0 unspecified atom stereocenters. The maximum atomic E-state index is 11.3. The van der Waals surface area contributed by atoms with Crippen molar-refractivity contribution in [2.45, 2.75) is 57.7 Å². The number of carbonyl (C=O) groups excluding carboxylic acids is 1. The lowest BCUT2D eigenvalue weighted by molar-refractivity contribution is -0.117. The molecule has 1 saturated heterocycles. The van der Waals surface area contributed by atoms with Crippen LogP contribution in [0.2, 0.25) is 0 Å². The molecule has 1 fully saturated rings. The van der Waals surface area contributed by atoms with E-state index in [1.54, 1.807) is 4.68 Å². The number of primary amides is 1. The summed E-state index contributed by atoms with van der Waals surface area (Å²) in [6.07, 6.45) is 6.94. The minimum atomic E-state index is -0.441. The lowest BCUT2D eigenvalue weighted by Gasteiger charge is -2.22. The molecule has 1 aromatic carbocycles. The van der Waals surface area contributed by atoms with Crippen LogP contribution in [0.3, 0.4) is 0 Å². The zero-order chi connectivity index (χ0) is 18.6. The van der Waals surface area contributed by atoms with Crippen molar-refractivity contribution < 1.29 is 14.3 Å². The number of nitrogens with zero attached hydrogens (tertiary/aromatic N) is 3. The van der Waals surface area contributed by atoms with E-state index < -0.39 is 5.91 Å². The molecule has 4 rings (SSSR count). The summed E-state index contributed by atoms with van der Waals surface area (Å²) in [6.45, 7) is 1.67. The average molecular weight is 370 g/mol. The first kappa shape index (κ1) is 18.1. The van der Waals surface area contributed by atoms with Gasteiger partial charge in [0, 0.05) is 6.61 Å². The molecule has 2 N–H and O–H groups in total. The molecule has 0 spiro atoms. The van der Waals surface area contributed by atoms with Gasteiger partial charge in [0.25, 0.3) is 0 Å². The molecule has 144 valence electrons. The number of benzene rings is 1. The second kappa shape index (κ2) is 8.19. The van der Waals surface area contributed by atoms with Gasteiger partial charge in [-0.25, -0.2) is 9.67 Å². The van der Waals surface area contributed by atoms with E-state index >= 15 is 0 Å². The minimum absolute atomic E-state index is 0.0245. The van der Waals surface area contributed by atoms with Crippen molar-refractivity contribution in [1.82, 2.24) is 14.8 Å². The van der Waals surface area contributed by atoms with Gasteiger partial charge in [-0.3, -0.25) is 4.79 Å². The number of hydrogen-bond donors (Lipinski definition) is 1. The number of aromatic nitrogens is 3. The molecule has 2 aromatic rings. The van der Waals surface area contributed by atoms with Gasteiger partial charge < -0.3 is 15.2 Å². The van der Waals surface area contributed by atoms with Gasteiger partial charge in [0.1, 0.15) is 6.61 Å². The molecule has 1 aliphatic heterocycles. The van der Waals surface area contributed by atoms with Crippen molar-refractivity contribution in [2.75, 3.05) is 13.2 Å². The quantitative estimate of drug-likeness (QED) is 0.803. The number of carbonyl (C=O) groups is 1. The Morgan fingerprint density at radius 3 is 2.96 bits per heavy atom. The van der Waals surface area contributed by atoms with E-state index in [-0.39, 0.29) is 12.5 Å². The SMILES string of the molecule is NC(=O)Cc1nc(COC[C@H]2CCCCO2)n(-c2ccc3c(c2)CCC3)n1. The van der Waals surface area contributed by atoms with E-state index in [9.17, 15) is 4.79 Å². The number of hydrogen-bond acceptors (Lipinski definition) is 5. The van der Waals surface area contributed by atoms with Crippen molar-refractivity contribution >= 4 is 5.91 Å². The number of nitrogens with two attached hydrogens (primary N) is 1. The van der Waals surface area contributed by atoms with Gasteiger partial charge in [-0.2, -0.15) is 5.10 Å². The van der Waals surface area contributed by atoms with Gasteiger partial charge in [-0.15, -0.1) is 0 Å². The van der Waals surface area contributed by atoms with Gasteiger partial charge in [-0.1, -0.05) is 6.07 Å². The summed E-state index contributed by atoms with van der Waals surface area (Å²) < 4.78 is 13.4. The molecule has 1 aliphatic carbocycles. The van der Waals surface area contributed by atoms with Gasteiger partial charge in [0.05, 0.1) is 24.8 Å². The molecule has 0 saturated carbocycles. The minimum Gasteiger partial charge on any atom is -0.376 e. The molecule has 0 radical (unpaired) electrons. The normalized spacial score (nSPS) is 19.2. The van der Waals surface area contributed by atoms with Crippen LogP contribution in [0.15, 0.2) is 18.2 Å². The molecular formula is C20H26N4O3. The van der Waals surface area contributed by atoms with E-state index in [1.807, 2.05) is 0 Å². The van der Waals surface area contributed by atoms with Crippen molar-refractivity contribution in [3.05, 3.63) is 41.0 Å². The Balaban J connectivity index is 1.51. The highest BCUT2D eigenvalue weighted by atomic mass is 16.5. The molecule has 2 heterocycles. The number of ether oxygens (including phenoxy) is 2. The zero-order valence-electron chi connectivity index (χ0n) is 15.5. The lowest BCUT2D eigenvalue weighted by atomic mass is 10.1. The third-order valence-electron chi connectivity index (χ3n) is 5.19. The van der Waals surface area contributed by atoms with Crippen molar-refractivity contribution in [3.8, 4) is 5.69 Å². The Kier molecular flexibility index (Phi) is 5.50. The molecule has 7 nitrogen and oxygen atoms in total. The van der Waals surface area contributed by atoms with Gasteiger partial charge in [0.2, 0.25) is 5.91 Å². The Morgan fingerprint density at radius 2 is 2.15 bits per heavy atom. The predicted octanol–water partition coefficient (Wildman–Crippen LogP) is 1.87. The summed E-state index contributed by atoms with van der Waals surface area (Å²) in [5, 5.41) is 4.50. The van der Waals surface area contributed by atoms with Crippen molar-refractivity contribution in [3.63, 3.8) is 0 Å². The van der Waals surface area contributed by atoms with Crippen LogP contribution in [0.4, 0.5) is 0 Å². The fraction of sp³-hybridized carbons (Fsp3) is 0.550. The van der Waals surface area contributed by atoms with Crippen LogP contribution in [0.25, 0.3) is 5.69 Å². The summed E-state index contributed by atoms with van der Waals surface area (Å²) in [4.78, 5) is 15.8. The maximum Gasteiger partial charge on any atom is 0.225 e. The van der Waals surface area contributed by atoms with E-state index in [2.05, 4.69) is 28.3 Å². The molecule has 27 heavy (non-hydrogen) atoms. The Labute approximate surface area is 158 Å². The van der Waals surface area contributed by atoms with E-state index in [0.717, 1.165) is 38.0 Å². The number of amides is 1. The Hall–Kier alpha value is -2.25. The fourth-order valence-electron chi connectivity index (χ4n) is 3.83. The molecule has 0 bridgehead atoms. The largest absolute Gasteiger partial charge is 0.376 e. The summed E-state index contributed by atoms with van der Waals surface area (Å²) in [6, 6.07) is 6.38. The van der Waals surface area contributed by atoms with Crippen LogP contribution in [0.1, 0.15) is 48.5 Å². The summed E-state index contributed by atoms with van der Waals surface area (Å²) in [7, 11) is 0. The second-order valence-corrected chi connectivity index (χ2v) is 7.31. The molecule has 1 amide bonds. The van der Waals surface area contributed by atoms with Crippen LogP contribution in [0, 0.1) is 0 Å². The van der Waals surface area contributed by atoms with Crippen LogP contribution >= 0.6 is 0 Å². The first-order valence-corrected chi connectivity index (χ1v) is 9.73. The molecular weight excluding hydrogens is 344 g/mol. The molecule has 7 heteroatoms. The van der Waals surface area contributed by atoms with Crippen LogP contribution < -0.4 is 5.73 Å². The summed E-state index contributed by atoms with van der Waals surface area (Å²) >= 11 is 0. The van der Waals surface area contributed by atoms with E-state index in [4.69, 9.17) is 15.2 Å². The number of fused-ring (bicyclic) bond motifs is 1. The Bertz CT molecular complexity index is 812. The number of aryl methyl sites for hydroxylation is 2. The van der Waals surface area contributed by atoms with Gasteiger partial charge >= 0.3 is 0 Å². The first-order valence-electron chi connectivity index (χ1n) is 9.73. The maximum absolute atomic E-state index is 11.3. The summed E-state index contributed by atoms with van der Waals surface area (Å²) in [5.41, 5.74) is 9.04. The third-order valence-corrected chi connectivity index (χ3v) is 5.19. The predicted molar refractivity (Wildman–Crippen MR) is 99.5 cm³/mol. The van der Waals surface area contributed by atoms with Crippen LogP contribution in [-0.2, 0) is 40.1 Å². The highest BCUT2D eigenvalue weighted by molar-refractivity contribution is 5.75. The molecule has 1 atom stereocenters. The fourth-order valence-corrected chi connectivity index (χ4v) is 3.83. The molecule has 2 aliphatic rings. The third kappa shape index (κ3) is 4.36. The zero-order valence-corrected chi connectivity index (χ0v) is 15.5. The second-order valence-electron chi connectivity index (χ2n) is 7.31. The monoisotopic (exact) mass is 370 g/mol. The highest BCUT2D eigenvalue weighted by Crippen LogP contribution is 2.25. The standard InChI is InChI=1S/C20H26N4O3/c21-18(25)11-19-22-20(13-26-12-17-6-1-2-9-27-17)24(23-19)16-8-7-14-4-3-5-15(14)10-16/h7-8,10,17H,1-6,9,11-13H2,(H2,21,25)/t17-/m1/s1. The topological polar surface area (TPSA) is 92.3 Å². The van der Waals surface area contributed by atoms with Crippen molar-refractivity contribution in [1.29, 1.82) is 0 Å².